The van der Waals surface area contributed by atoms with Gasteiger partial charge in [-0.25, -0.2) is 0 Å². The van der Waals surface area contributed by atoms with Crippen LogP contribution < -0.4 is 20.8 Å². The number of aryl methyl sites for hydroxylation is 1. The van der Waals surface area contributed by atoms with Crippen LogP contribution in [0.15, 0.2) is 158 Å². The van der Waals surface area contributed by atoms with Gasteiger partial charge in [0, 0.05) is 62.9 Å². The molecule has 8 rings (SSSR count). The molecule has 238 valence electrons. The van der Waals surface area contributed by atoms with Gasteiger partial charge in [-0.15, -0.1) is 0 Å². The Morgan fingerprint density at radius 1 is 0.551 bits per heavy atom. The largest absolute Gasteiger partial charge is 0.310 e. The zero-order chi connectivity index (χ0) is 33.6. The second-order valence-electron chi connectivity index (χ2n) is 13.0. The van der Waals surface area contributed by atoms with Gasteiger partial charge in [0.25, 0.3) is 0 Å². The number of hydrogen-bond donors (Lipinski definition) is 0. The molecule has 3 aromatic heterocycles. The predicted molar refractivity (Wildman–Crippen MR) is 202 cm³/mol. The van der Waals surface area contributed by atoms with E-state index in [0.717, 1.165) is 55.7 Å². The first-order chi connectivity index (χ1) is 23.9. The summed E-state index contributed by atoms with van der Waals surface area (Å²) >= 11 is 0. The Morgan fingerprint density at radius 2 is 1.12 bits per heavy atom. The second-order valence-corrected chi connectivity index (χ2v) is 15.7. The Labute approximate surface area is 287 Å². The maximum absolute atomic E-state index is 15.2. The van der Waals surface area contributed by atoms with Crippen molar-refractivity contribution in [1.29, 1.82) is 0 Å². The first-order valence-corrected chi connectivity index (χ1v) is 18.2. The van der Waals surface area contributed by atoms with Gasteiger partial charge >= 0.3 is 0 Å². The molecule has 0 fully saturated rings. The smallest absolute Gasteiger partial charge is 0.172 e. The third-order valence-electron chi connectivity index (χ3n) is 9.66. The van der Waals surface area contributed by atoms with Crippen molar-refractivity contribution in [2.75, 3.05) is 4.90 Å². The monoisotopic (exact) mass is 654 g/mol. The van der Waals surface area contributed by atoms with Crippen LogP contribution in [0, 0.1) is 6.92 Å². The van der Waals surface area contributed by atoms with Crippen LogP contribution in [0.2, 0.25) is 0 Å². The van der Waals surface area contributed by atoms with E-state index in [1.807, 2.05) is 85.2 Å². The first kappa shape index (κ1) is 30.7. The van der Waals surface area contributed by atoms with Crippen LogP contribution in [0.4, 0.5) is 17.1 Å². The fourth-order valence-electron chi connectivity index (χ4n) is 7.09. The van der Waals surface area contributed by atoms with Gasteiger partial charge in [-0.2, -0.15) is 0 Å². The number of anilines is 3. The topological polar surface area (TPSA) is 59.0 Å². The number of hydrogen-bond acceptors (Lipinski definition) is 5. The summed E-state index contributed by atoms with van der Waals surface area (Å²) in [6, 6.07) is 45.2. The van der Waals surface area contributed by atoms with E-state index in [1.54, 1.807) is 12.4 Å². The van der Waals surface area contributed by atoms with Gasteiger partial charge in [-0.05, 0) is 102 Å². The zero-order valence-electron chi connectivity index (χ0n) is 27.7. The number of benzene rings is 4. The number of fused-ring (bicyclic) bond motifs is 2. The Morgan fingerprint density at radius 3 is 1.65 bits per heavy atom. The Bertz CT molecular complexity index is 2210. The molecule has 0 saturated carbocycles. The van der Waals surface area contributed by atoms with Crippen LogP contribution in [0.3, 0.4) is 0 Å². The third-order valence-corrected chi connectivity index (χ3v) is 12.7. The maximum atomic E-state index is 15.2. The van der Waals surface area contributed by atoms with Crippen LogP contribution in [-0.2, 0) is 9.98 Å². The highest BCUT2D eigenvalue weighted by Gasteiger charge is 2.38. The van der Waals surface area contributed by atoms with Crippen LogP contribution in [0.25, 0.3) is 22.5 Å². The van der Waals surface area contributed by atoms with Crippen molar-refractivity contribution in [2.45, 2.75) is 26.2 Å². The van der Waals surface area contributed by atoms with E-state index < -0.39 is 7.14 Å². The van der Waals surface area contributed by atoms with Gasteiger partial charge in [-0.1, -0.05) is 68.4 Å². The van der Waals surface area contributed by atoms with E-state index in [2.05, 4.69) is 101 Å². The van der Waals surface area contributed by atoms with Gasteiger partial charge in [0.1, 0.15) is 0 Å². The highest BCUT2D eigenvalue weighted by molar-refractivity contribution is 7.85. The lowest BCUT2D eigenvalue weighted by molar-refractivity contribution is 0.592. The molecule has 1 aliphatic rings. The molecule has 0 amide bonds. The predicted octanol–water partition coefficient (Wildman–Crippen LogP) is 9.26. The minimum atomic E-state index is -3.19. The van der Waals surface area contributed by atoms with Crippen molar-refractivity contribution in [3.05, 3.63) is 175 Å². The SMILES string of the molecule is Cc1cc(P(=O)(c2ccccc2)c2cccnc2)ccc1N1c2ccc(-c3ccccn3)cc2C(C)(C)c2cc(-c3ccccn3)ccc21. The molecule has 4 aromatic carbocycles. The molecule has 6 heteroatoms. The molecular formula is C43H35N4OP. The molecule has 0 radical (unpaired) electrons. The van der Waals surface area contributed by atoms with Crippen molar-refractivity contribution >= 4 is 40.1 Å². The molecule has 0 bridgehead atoms. The molecule has 5 nitrogen and oxygen atoms in total. The highest BCUT2D eigenvalue weighted by atomic mass is 31.2. The minimum absolute atomic E-state index is 0.325. The lowest BCUT2D eigenvalue weighted by Crippen LogP contribution is -2.31. The Balaban J connectivity index is 1.33. The molecule has 49 heavy (non-hydrogen) atoms. The van der Waals surface area contributed by atoms with E-state index in [4.69, 9.17) is 0 Å². The fraction of sp³-hybridized carbons (Fsp3) is 0.0930. The fourth-order valence-corrected chi connectivity index (χ4v) is 9.77. The van der Waals surface area contributed by atoms with E-state index in [9.17, 15) is 0 Å². The van der Waals surface area contributed by atoms with Gasteiger partial charge < -0.3 is 9.46 Å². The molecule has 1 atom stereocenters. The van der Waals surface area contributed by atoms with Crippen molar-refractivity contribution < 1.29 is 4.57 Å². The van der Waals surface area contributed by atoms with Crippen LogP contribution in [-0.4, -0.2) is 15.0 Å². The van der Waals surface area contributed by atoms with Gasteiger partial charge in [0.15, 0.2) is 7.14 Å². The molecule has 0 saturated heterocycles. The quantitative estimate of drug-likeness (QED) is 0.167. The molecule has 7 aromatic rings. The number of nitrogens with zero attached hydrogens (tertiary/aromatic N) is 4. The van der Waals surface area contributed by atoms with Crippen molar-refractivity contribution in [1.82, 2.24) is 15.0 Å². The summed E-state index contributed by atoms with van der Waals surface area (Å²) in [6.07, 6.45) is 7.13. The molecule has 0 spiro atoms. The number of rotatable bonds is 6. The summed E-state index contributed by atoms with van der Waals surface area (Å²) in [5.74, 6) is 0. The second kappa shape index (κ2) is 12.1. The highest BCUT2D eigenvalue weighted by Crippen LogP contribution is 2.54. The van der Waals surface area contributed by atoms with Crippen molar-refractivity contribution in [3.63, 3.8) is 0 Å². The molecule has 1 unspecified atom stereocenters. The van der Waals surface area contributed by atoms with E-state index in [0.29, 0.717) is 5.30 Å². The average molecular weight is 655 g/mol. The molecule has 1 aliphatic heterocycles. The zero-order valence-corrected chi connectivity index (χ0v) is 28.5. The van der Waals surface area contributed by atoms with E-state index in [-0.39, 0.29) is 5.41 Å². The summed E-state index contributed by atoms with van der Waals surface area (Å²) in [6.45, 7) is 6.71. The molecule has 4 heterocycles. The van der Waals surface area contributed by atoms with Gasteiger partial charge in [-0.3, -0.25) is 15.0 Å². The first-order valence-electron chi connectivity index (χ1n) is 16.5. The van der Waals surface area contributed by atoms with Gasteiger partial charge in [0.2, 0.25) is 0 Å². The summed E-state index contributed by atoms with van der Waals surface area (Å²) in [5.41, 5.74) is 10.4. The molecular weight excluding hydrogens is 619 g/mol. The maximum Gasteiger partial charge on any atom is 0.172 e. The summed E-state index contributed by atoms with van der Waals surface area (Å²) in [5, 5.41) is 2.28. The third kappa shape index (κ3) is 5.18. The van der Waals surface area contributed by atoms with Crippen LogP contribution in [0.1, 0.15) is 30.5 Å². The lowest BCUT2D eigenvalue weighted by Gasteiger charge is -2.43. The summed E-state index contributed by atoms with van der Waals surface area (Å²) < 4.78 is 15.2. The van der Waals surface area contributed by atoms with Crippen molar-refractivity contribution in [3.8, 4) is 22.5 Å². The number of aromatic nitrogens is 3. The Hall–Kier alpha value is -5.64. The minimum Gasteiger partial charge on any atom is -0.310 e. The molecule has 0 aliphatic carbocycles. The van der Waals surface area contributed by atoms with Gasteiger partial charge in [0.05, 0.1) is 22.8 Å². The van der Waals surface area contributed by atoms with E-state index in [1.165, 1.54) is 11.1 Å². The summed E-state index contributed by atoms with van der Waals surface area (Å²) in [7, 11) is -3.19. The van der Waals surface area contributed by atoms with E-state index >= 15 is 4.57 Å². The molecule has 0 N–H and O–H groups in total. The number of pyridine rings is 3. The lowest BCUT2D eigenvalue weighted by atomic mass is 9.72. The van der Waals surface area contributed by atoms with Crippen LogP contribution >= 0.6 is 7.14 Å². The van der Waals surface area contributed by atoms with Crippen LogP contribution in [0.5, 0.6) is 0 Å². The summed E-state index contributed by atoms with van der Waals surface area (Å²) in [4.78, 5) is 16.0. The average Bonchev–Trinajstić information content (AvgIpc) is 3.16. The van der Waals surface area contributed by atoms with Crippen molar-refractivity contribution in [2.24, 2.45) is 0 Å². The Kier molecular flexibility index (Phi) is 7.58. The normalized spacial score (nSPS) is 14.4. The standard InChI is InChI=1S/C43H35N4OP/c1-30-26-34(49(48,33-12-5-4-6-13-33)35-14-11-23-44-29-35)19-22-40(30)47-41-20-17-31(38-15-7-9-24-45-38)27-36(41)43(2,3)37-28-32(18-21-42(37)47)39-16-8-10-25-46-39/h4-29H,1-3H3.